The van der Waals surface area contributed by atoms with Gasteiger partial charge in [0.2, 0.25) is 0 Å². The molecule has 1 aliphatic carbocycles. The highest BCUT2D eigenvalue weighted by molar-refractivity contribution is 7.80. The highest BCUT2D eigenvalue weighted by atomic mass is 32.1. The molecule has 1 fully saturated rings. The monoisotopic (exact) mass is 531 g/mol. The third-order valence-corrected chi connectivity index (χ3v) is 6.76. The minimum atomic E-state index is -0.412. The maximum Gasteiger partial charge on any atom is 0.261 e. The molecule has 2 amide bonds. The third-order valence-electron chi connectivity index (χ3n) is 6.56. The zero-order chi connectivity index (χ0) is 26.7. The second kappa shape index (κ2) is 13.6. The van der Waals surface area contributed by atoms with E-state index in [0.29, 0.717) is 29.2 Å². The summed E-state index contributed by atoms with van der Waals surface area (Å²) in [5.41, 5.74) is 1.41. The fourth-order valence-corrected chi connectivity index (χ4v) is 4.74. The number of para-hydroxylation sites is 3. The quantitative estimate of drug-likeness (QED) is 0.273. The number of hydrogen-bond donors (Lipinski definition) is 2. The third kappa shape index (κ3) is 7.32. The Morgan fingerprint density at radius 2 is 1.47 bits per heavy atom. The van der Waals surface area contributed by atoms with Crippen molar-refractivity contribution in [3.8, 4) is 11.5 Å². The zero-order valence-electron chi connectivity index (χ0n) is 21.5. The molecule has 3 aromatic rings. The van der Waals surface area contributed by atoms with E-state index in [0.717, 1.165) is 31.4 Å². The molecule has 0 radical (unpaired) electrons. The van der Waals surface area contributed by atoms with E-state index in [4.69, 9.17) is 21.7 Å². The van der Waals surface area contributed by atoms with Crippen LogP contribution in [0.1, 0.15) is 52.8 Å². The van der Waals surface area contributed by atoms with Gasteiger partial charge in [0.15, 0.2) is 5.11 Å². The number of hydrogen-bond acceptors (Lipinski definition) is 5. The lowest BCUT2D eigenvalue weighted by molar-refractivity contribution is 0.0697. The van der Waals surface area contributed by atoms with Crippen LogP contribution in [0.5, 0.6) is 11.5 Å². The molecule has 0 saturated heterocycles. The zero-order valence-corrected chi connectivity index (χ0v) is 22.3. The van der Waals surface area contributed by atoms with Crippen molar-refractivity contribution < 1.29 is 19.1 Å². The first-order chi connectivity index (χ1) is 18.5. The van der Waals surface area contributed by atoms with Crippen molar-refractivity contribution in [1.82, 2.24) is 10.2 Å². The van der Waals surface area contributed by atoms with Crippen molar-refractivity contribution in [1.29, 1.82) is 0 Å². The van der Waals surface area contributed by atoms with Gasteiger partial charge >= 0.3 is 0 Å². The van der Waals surface area contributed by atoms with Crippen molar-refractivity contribution >= 4 is 34.8 Å². The fraction of sp³-hybridized carbons (Fsp3) is 0.300. The molecule has 7 nitrogen and oxygen atoms in total. The molecule has 0 heterocycles. The fourth-order valence-electron chi connectivity index (χ4n) is 4.53. The van der Waals surface area contributed by atoms with E-state index >= 15 is 0 Å². The molecule has 1 aliphatic rings. The highest BCUT2D eigenvalue weighted by Gasteiger charge is 2.25. The average molecular weight is 532 g/mol. The number of benzene rings is 3. The van der Waals surface area contributed by atoms with Gasteiger partial charge in [-0.25, -0.2) is 0 Å². The van der Waals surface area contributed by atoms with Gasteiger partial charge in [0.25, 0.3) is 11.8 Å². The van der Waals surface area contributed by atoms with Crippen LogP contribution in [-0.4, -0.2) is 48.1 Å². The van der Waals surface area contributed by atoms with Gasteiger partial charge in [-0.1, -0.05) is 61.7 Å². The molecule has 4 rings (SSSR count). The lowest BCUT2D eigenvalue weighted by Crippen LogP contribution is -2.39. The first-order valence-electron chi connectivity index (χ1n) is 12.9. The van der Waals surface area contributed by atoms with E-state index in [2.05, 4.69) is 10.6 Å². The molecule has 0 atom stereocenters. The van der Waals surface area contributed by atoms with Crippen molar-refractivity contribution in [2.45, 2.75) is 38.1 Å². The van der Waals surface area contributed by atoms with E-state index in [1.54, 1.807) is 36.4 Å². The maximum atomic E-state index is 13.3. The summed E-state index contributed by atoms with van der Waals surface area (Å²) in [5.74, 6) is 0.701. The molecule has 0 aliphatic heterocycles. The van der Waals surface area contributed by atoms with Gasteiger partial charge in [-0.3, -0.25) is 14.9 Å². The Kier molecular flexibility index (Phi) is 9.70. The molecule has 0 spiro atoms. The van der Waals surface area contributed by atoms with E-state index in [1.807, 2.05) is 54.4 Å². The number of carbonyl (C=O) groups is 2. The van der Waals surface area contributed by atoms with Gasteiger partial charge in [-0.05, 0) is 61.5 Å². The van der Waals surface area contributed by atoms with Gasteiger partial charge in [0.05, 0.1) is 16.8 Å². The van der Waals surface area contributed by atoms with Gasteiger partial charge < -0.3 is 19.7 Å². The van der Waals surface area contributed by atoms with Gasteiger partial charge in [0, 0.05) is 13.1 Å². The molecule has 2 N–H and O–H groups in total. The van der Waals surface area contributed by atoms with Crippen LogP contribution in [0.4, 0.5) is 5.69 Å². The average Bonchev–Trinajstić information content (AvgIpc) is 2.96. The highest BCUT2D eigenvalue weighted by Crippen LogP contribution is 2.25. The Morgan fingerprint density at radius 3 is 2.24 bits per heavy atom. The summed E-state index contributed by atoms with van der Waals surface area (Å²) < 4.78 is 11.5. The first kappa shape index (κ1) is 27.1. The van der Waals surface area contributed by atoms with Crippen molar-refractivity contribution in [2.75, 3.05) is 25.6 Å². The number of amides is 2. The first-order valence-corrected chi connectivity index (χ1v) is 13.3. The number of thiocarbonyl (C=S) groups is 1. The Labute approximate surface area is 229 Å². The minimum absolute atomic E-state index is 0.0643. The summed E-state index contributed by atoms with van der Waals surface area (Å²) in [5, 5.41) is 5.83. The van der Waals surface area contributed by atoms with Crippen molar-refractivity contribution in [3.63, 3.8) is 0 Å². The van der Waals surface area contributed by atoms with Crippen LogP contribution in [0.25, 0.3) is 0 Å². The molecule has 0 bridgehead atoms. The minimum Gasteiger partial charge on any atom is -0.490 e. The Morgan fingerprint density at radius 1 is 0.842 bits per heavy atom. The predicted molar refractivity (Wildman–Crippen MR) is 153 cm³/mol. The Balaban J connectivity index is 1.35. The normalized spacial score (nSPS) is 13.3. The van der Waals surface area contributed by atoms with E-state index in [1.165, 1.54) is 6.42 Å². The summed E-state index contributed by atoms with van der Waals surface area (Å²) in [7, 11) is 1.86. The molecule has 0 aromatic heterocycles. The molecule has 1 saturated carbocycles. The van der Waals surface area contributed by atoms with Crippen LogP contribution in [0.2, 0.25) is 0 Å². The van der Waals surface area contributed by atoms with Crippen LogP contribution < -0.4 is 20.1 Å². The van der Waals surface area contributed by atoms with Gasteiger partial charge in [-0.15, -0.1) is 0 Å². The summed E-state index contributed by atoms with van der Waals surface area (Å²) >= 11 is 5.42. The number of ether oxygens (including phenoxy) is 2. The SMILES string of the molecule is CN(C(=O)c1ccccc1NC(=S)NC(=O)c1ccccc1OCCOc1ccccc1)C1CCCCC1. The number of nitrogens with one attached hydrogen (secondary N) is 2. The molecular weight excluding hydrogens is 498 g/mol. The summed E-state index contributed by atoms with van der Waals surface area (Å²) in [6.45, 7) is 0.603. The Bertz CT molecular complexity index is 1250. The number of carbonyl (C=O) groups excluding carboxylic acids is 2. The number of anilines is 1. The van der Waals surface area contributed by atoms with Crippen LogP contribution in [0, 0.1) is 0 Å². The predicted octanol–water partition coefficient (Wildman–Crippen LogP) is 5.68. The van der Waals surface area contributed by atoms with E-state index < -0.39 is 5.91 Å². The summed E-state index contributed by atoms with van der Waals surface area (Å²) in [4.78, 5) is 28.1. The summed E-state index contributed by atoms with van der Waals surface area (Å²) in [6, 6.07) is 23.9. The van der Waals surface area contributed by atoms with Crippen LogP contribution >= 0.6 is 12.2 Å². The second-order valence-corrected chi connectivity index (χ2v) is 9.58. The van der Waals surface area contributed by atoms with Gasteiger partial charge in [-0.2, -0.15) is 0 Å². The molecule has 3 aromatic carbocycles. The number of nitrogens with zero attached hydrogens (tertiary/aromatic N) is 1. The smallest absolute Gasteiger partial charge is 0.261 e. The van der Waals surface area contributed by atoms with Crippen LogP contribution in [0.15, 0.2) is 78.9 Å². The van der Waals surface area contributed by atoms with E-state index in [9.17, 15) is 9.59 Å². The van der Waals surface area contributed by atoms with Crippen LogP contribution in [0.3, 0.4) is 0 Å². The van der Waals surface area contributed by atoms with Crippen LogP contribution in [-0.2, 0) is 0 Å². The number of rotatable bonds is 9. The molecular formula is C30H33N3O4S. The lowest BCUT2D eigenvalue weighted by Gasteiger charge is -2.31. The van der Waals surface area contributed by atoms with Crippen molar-refractivity contribution in [3.05, 3.63) is 90.0 Å². The lowest BCUT2D eigenvalue weighted by atomic mass is 9.94. The van der Waals surface area contributed by atoms with Crippen molar-refractivity contribution in [2.24, 2.45) is 0 Å². The van der Waals surface area contributed by atoms with Gasteiger partial charge in [0.1, 0.15) is 24.7 Å². The second-order valence-electron chi connectivity index (χ2n) is 9.17. The molecule has 0 unspecified atom stereocenters. The molecule has 8 heteroatoms. The molecule has 38 heavy (non-hydrogen) atoms. The maximum absolute atomic E-state index is 13.3. The standard InChI is InChI=1S/C30H33N3O4S/c1-33(22-12-4-2-5-13-22)29(35)24-16-8-10-18-26(24)31-30(38)32-28(34)25-17-9-11-19-27(25)37-21-20-36-23-14-6-3-7-15-23/h3,6-11,14-19,22H,2,4-5,12-13,20-21H2,1H3,(H2,31,32,34,38). The topological polar surface area (TPSA) is 79.9 Å². The van der Waals surface area contributed by atoms with E-state index in [-0.39, 0.29) is 23.7 Å². The molecule has 198 valence electrons. The Hall–Kier alpha value is -3.91. The summed E-state index contributed by atoms with van der Waals surface area (Å²) in [6.07, 6.45) is 5.55. The largest absolute Gasteiger partial charge is 0.490 e.